The first-order valence-electron chi connectivity index (χ1n) is 9.28. The Labute approximate surface area is 156 Å². The summed E-state index contributed by atoms with van der Waals surface area (Å²) in [4.78, 5) is 22.9. The number of carbonyl (C=O) groups excluding carboxylic acids is 1. The number of nitrogens with one attached hydrogen (secondary N) is 2. The molecule has 134 valence electrons. The first-order valence-corrected chi connectivity index (χ1v) is 10.2. The van der Waals surface area contributed by atoms with Gasteiger partial charge in [0.2, 0.25) is 0 Å². The normalized spacial score (nSPS) is 25.6. The van der Waals surface area contributed by atoms with Gasteiger partial charge in [-0.1, -0.05) is 6.07 Å². The lowest BCUT2D eigenvalue weighted by atomic mass is 9.97. The van der Waals surface area contributed by atoms with Crippen molar-refractivity contribution < 1.29 is 4.79 Å². The summed E-state index contributed by atoms with van der Waals surface area (Å²) in [6.07, 6.45) is 8.34. The zero-order valence-corrected chi connectivity index (χ0v) is 15.3. The molecule has 2 N–H and O–H groups in total. The lowest BCUT2D eigenvalue weighted by molar-refractivity contribution is 0.0827. The first kappa shape index (κ1) is 16.0. The number of rotatable bonds is 4. The molecule has 2 aliphatic rings. The highest BCUT2D eigenvalue weighted by Crippen LogP contribution is 2.37. The molecule has 5 rings (SSSR count). The molecular formula is C20H22N4OS. The van der Waals surface area contributed by atoms with Crippen molar-refractivity contribution in [3.63, 3.8) is 0 Å². The van der Waals surface area contributed by atoms with Crippen LogP contribution in [0.1, 0.15) is 41.0 Å². The number of aromatic amines is 1. The standard InChI is InChI=1S/C20H22N4OS/c25-20(14-2-1-13-5-6-21-18(13)9-14)23-15-10-16-3-4-17(11-15)24(16)12-19-22-7-8-26-19/h1-2,5-9,15-17,21H,3-4,10-12H2,(H,23,25)/t15?,16-,17+. The van der Waals surface area contributed by atoms with E-state index in [2.05, 4.69) is 20.2 Å². The molecule has 2 saturated heterocycles. The zero-order chi connectivity index (χ0) is 17.5. The minimum absolute atomic E-state index is 0.0410. The van der Waals surface area contributed by atoms with E-state index in [1.54, 1.807) is 11.3 Å². The Morgan fingerprint density at radius 1 is 1.27 bits per heavy atom. The number of benzene rings is 1. The number of carbonyl (C=O) groups is 1. The third kappa shape index (κ3) is 2.93. The van der Waals surface area contributed by atoms with Crippen molar-refractivity contribution in [3.05, 3.63) is 52.6 Å². The Kier molecular flexibility index (Phi) is 4.02. The van der Waals surface area contributed by atoms with Crippen LogP contribution in [-0.4, -0.2) is 38.9 Å². The summed E-state index contributed by atoms with van der Waals surface area (Å²) in [5.41, 5.74) is 1.74. The topological polar surface area (TPSA) is 61.0 Å². The van der Waals surface area contributed by atoms with Gasteiger partial charge in [0.25, 0.3) is 5.91 Å². The molecule has 2 aromatic heterocycles. The minimum atomic E-state index is 0.0410. The van der Waals surface area contributed by atoms with Crippen LogP contribution in [0.25, 0.3) is 10.9 Å². The fraction of sp³-hybridized carbons (Fsp3) is 0.400. The number of hydrogen-bond donors (Lipinski definition) is 2. The summed E-state index contributed by atoms with van der Waals surface area (Å²) >= 11 is 1.73. The molecule has 26 heavy (non-hydrogen) atoms. The van der Waals surface area contributed by atoms with E-state index in [-0.39, 0.29) is 11.9 Å². The smallest absolute Gasteiger partial charge is 0.251 e. The van der Waals surface area contributed by atoms with E-state index in [4.69, 9.17) is 0 Å². The summed E-state index contributed by atoms with van der Waals surface area (Å²) < 4.78 is 0. The molecule has 2 bridgehead atoms. The molecule has 3 atom stereocenters. The average molecular weight is 366 g/mol. The highest BCUT2D eigenvalue weighted by Gasteiger charge is 2.41. The van der Waals surface area contributed by atoms with Crippen molar-refractivity contribution in [2.45, 2.75) is 50.4 Å². The summed E-state index contributed by atoms with van der Waals surface area (Å²) in [7, 11) is 0. The van der Waals surface area contributed by atoms with Crippen molar-refractivity contribution in [1.29, 1.82) is 0 Å². The predicted octanol–water partition coefficient (Wildman–Crippen LogP) is 3.55. The summed E-state index contributed by atoms with van der Waals surface area (Å²) in [6.45, 7) is 0.956. The fourth-order valence-electron chi connectivity index (χ4n) is 4.60. The number of nitrogens with zero attached hydrogens (tertiary/aromatic N) is 2. The number of thiazole rings is 1. The fourth-order valence-corrected chi connectivity index (χ4v) is 5.22. The van der Waals surface area contributed by atoms with Gasteiger partial charge in [-0.15, -0.1) is 11.3 Å². The first-order chi connectivity index (χ1) is 12.8. The lowest BCUT2D eigenvalue weighted by Gasteiger charge is -2.38. The van der Waals surface area contributed by atoms with E-state index < -0.39 is 0 Å². The third-order valence-corrected chi connectivity index (χ3v) is 6.60. The van der Waals surface area contributed by atoms with Crippen molar-refractivity contribution in [2.75, 3.05) is 0 Å². The molecule has 6 heteroatoms. The Morgan fingerprint density at radius 2 is 2.12 bits per heavy atom. The molecule has 3 aromatic rings. The molecular weight excluding hydrogens is 344 g/mol. The molecule has 1 amide bonds. The van der Waals surface area contributed by atoms with Gasteiger partial charge in [0, 0.05) is 47.0 Å². The minimum Gasteiger partial charge on any atom is -0.361 e. The van der Waals surface area contributed by atoms with Crippen molar-refractivity contribution in [2.24, 2.45) is 0 Å². The Balaban J connectivity index is 1.25. The van der Waals surface area contributed by atoms with Gasteiger partial charge in [0.1, 0.15) is 5.01 Å². The van der Waals surface area contributed by atoms with Crippen LogP contribution >= 0.6 is 11.3 Å². The second-order valence-electron chi connectivity index (χ2n) is 7.40. The Bertz CT molecular complexity index is 905. The molecule has 2 aliphatic heterocycles. The van der Waals surface area contributed by atoms with Crippen LogP contribution in [0.5, 0.6) is 0 Å². The van der Waals surface area contributed by atoms with Gasteiger partial charge in [0.05, 0.1) is 6.54 Å². The Hall–Kier alpha value is -2.18. The van der Waals surface area contributed by atoms with E-state index in [0.29, 0.717) is 12.1 Å². The third-order valence-electron chi connectivity index (χ3n) is 5.84. The quantitative estimate of drug-likeness (QED) is 0.742. The number of fused-ring (bicyclic) bond motifs is 3. The van der Waals surface area contributed by atoms with Crippen LogP contribution in [0.3, 0.4) is 0 Å². The van der Waals surface area contributed by atoms with Gasteiger partial charge in [-0.2, -0.15) is 0 Å². The highest BCUT2D eigenvalue weighted by atomic mass is 32.1. The number of H-pyrrole nitrogens is 1. The van der Waals surface area contributed by atoms with Crippen LogP contribution in [0, 0.1) is 0 Å². The average Bonchev–Trinajstić information content (AvgIpc) is 3.36. The number of piperidine rings is 1. The predicted molar refractivity (Wildman–Crippen MR) is 103 cm³/mol. The van der Waals surface area contributed by atoms with Crippen LogP contribution in [-0.2, 0) is 6.54 Å². The van der Waals surface area contributed by atoms with Gasteiger partial charge < -0.3 is 10.3 Å². The number of hydrogen-bond acceptors (Lipinski definition) is 4. The van der Waals surface area contributed by atoms with Crippen LogP contribution in [0.2, 0.25) is 0 Å². The molecule has 1 unspecified atom stereocenters. The van der Waals surface area contributed by atoms with Crippen molar-refractivity contribution >= 4 is 28.1 Å². The maximum Gasteiger partial charge on any atom is 0.251 e. The molecule has 5 nitrogen and oxygen atoms in total. The van der Waals surface area contributed by atoms with E-state index in [1.807, 2.05) is 42.0 Å². The zero-order valence-electron chi connectivity index (χ0n) is 14.5. The van der Waals surface area contributed by atoms with Gasteiger partial charge in [-0.25, -0.2) is 4.98 Å². The molecule has 0 aliphatic carbocycles. The molecule has 1 aromatic carbocycles. The largest absolute Gasteiger partial charge is 0.361 e. The molecule has 2 fully saturated rings. The molecule has 0 radical (unpaired) electrons. The second-order valence-corrected chi connectivity index (χ2v) is 8.38. The van der Waals surface area contributed by atoms with Gasteiger partial charge >= 0.3 is 0 Å². The maximum absolute atomic E-state index is 12.7. The molecule has 4 heterocycles. The lowest BCUT2D eigenvalue weighted by Crippen LogP contribution is -2.49. The number of amides is 1. The molecule has 0 spiro atoms. The van der Waals surface area contributed by atoms with E-state index in [9.17, 15) is 4.79 Å². The van der Waals surface area contributed by atoms with Crippen LogP contribution in [0.15, 0.2) is 42.0 Å². The molecule has 0 saturated carbocycles. The van der Waals surface area contributed by atoms with Crippen LogP contribution < -0.4 is 5.32 Å². The number of aromatic nitrogens is 2. The van der Waals surface area contributed by atoms with Gasteiger partial charge in [0.15, 0.2) is 0 Å². The van der Waals surface area contributed by atoms with E-state index in [1.165, 1.54) is 17.8 Å². The van der Waals surface area contributed by atoms with Gasteiger partial charge in [-0.05, 0) is 49.3 Å². The monoisotopic (exact) mass is 366 g/mol. The van der Waals surface area contributed by atoms with Crippen LogP contribution in [0.4, 0.5) is 0 Å². The summed E-state index contributed by atoms with van der Waals surface area (Å²) in [5.74, 6) is 0.0410. The SMILES string of the molecule is O=C(NC1C[C@H]2CC[C@@H](C1)N2Cc1nccs1)c1ccc2cc[nH]c2c1. The van der Waals surface area contributed by atoms with E-state index in [0.717, 1.165) is 35.9 Å². The Morgan fingerprint density at radius 3 is 2.88 bits per heavy atom. The highest BCUT2D eigenvalue weighted by molar-refractivity contribution is 7.09. The summed E-state index contributed by atoms with van der Waals surface area (Å²) in [5, 5.41) is 7.66. The van der Waals surface area contributed by atoms with Crippen molar-refractivity contribution in [1.82, 2.24) is 20.2 Å². The van der Waals surface area contributed by atoms with Crippen molar-refractivity contribution in [3.8, 4) is 0 Å². The summed E-state index contributed by atoms with van der Waals surface area (Å²) in [6, 6.07) is 9.28. The van der Waals surface area contributed by atoms with Gasteiger partial charge in [-0.3, -0.25) is 9.69 Å². The maximum atomic E-state index is 12.7. The van der Waals surface area contributed by atoms with E-state index >= 15 is 0 Å². The second kappa shape index (κ2) is 6.52.